The van der Waals surface area contributed by atoms with Crippen LogP contribution in [-0.4, -0.2) is 35.7 Å². The Morgan fingerprint density at radius 2 is 1.95 bits per heavy atom. The van der Waals surface area contributed by atoms with Crippen molar-refractivity contribution in [2.45, 2.75) is 39.2 Å². The highest BCUT2D eigenvalue weighted by molar-refractivity contribution is 6.38. The molecule has 1 aromatic heterocycles. The fourth-order valence-electron chi connectivity index (χ4n) is 4.58. The van der Waals surface area contributed by atoms with Gasteiger partial charge in [0.1, 0.15) is 11.5 Å². The largest absolute Gasteiger partial charge is 0.495 e. The fraction of sp³-hybridized carbons (Fsp3) is 0.276. The summed E-state index contributed by atoms with van der Waals surface area (Å²) in [7, 11) is 1.46. The monoisotopic (exact) mass is 531 g/mol. The van der Waals surface area contributed by atoms with E-state index in [0.717, 1.165) is 11.1 Å². The quantitative estimate of drug-likeness (QED) is 0.359. The number of benzene rings is 2. The number of nitriles is 1. The molecule has 0 saturated heterocycles. The molecule has 0 aliphatic carbocycles. The van der Waals surface area contributed by atoms with E-state index in [1.807, 2.05) is 13.0 Å². The van der Waals surface area contributed by atoms with Crippen molar-refractivity contribution in [3.8, 4) is 22.9 Å². The second-order valence-electron chi connectivity index (χ2n) is 8.79. The van der Waals surface area contributed by atoms with Gasteiger partial charge in [0, 0.05) is 35.1 Å². The van der Waals surface area contributed by atoms with Gasteiger partial charge in [-0.25, -0.2) is 9.79 Å². The van der Waals surface area contributed by atoms with Crippen LogP contribution in [0.5, 0.6) is 5.75 Å². The number of aromatic nitrogens is 1. The minimum Gasteiger partial charge on any atom is -0.495 e. The average molecular weight is 532 g/mol. The number of methoxy groups -OCH3 is 1. The lowest BCUT2D eigenvalue weighted by molar-refractivity contribution is -0.135. The second kappa shape index (κ2) is 11.4. The van der Waals surface area contributed by atoms with E-state index >= 15 is 0 Å². The van der Waals surface area contributed by atoms with Crippen LogP contribution >= 0.6 is 11.6 Å². The Kier molecular flexibility index (Phi) is 8.08. The average Bonchev–Trinajstić information content (AvgIpc) is 3.33. The first kappa shape index (κ1) is 26.8. The minimum atomic E-state index is -0.722. The molecule has 0 N–H and O–H groups in total. The van der Waals surface area contributed by atoms with Crippen molar-refractivity contribution < 1.29 is 19.1 Å². The SMILES string of the molecule is CCOC(=O)C1=Nc2ccc(CC(=O)C(CC)n3cc(OC)c(-c4cc(Cl)ccc4C#N)cc3=O)cc2C1. The van der Waals surface area contributed by atoms with Gasteiger partial charge in [0.2, 0.25) is 0 Å². The van der Waals surface area contributed by atoms with Gasteiger partial charge in [-0.15, -0.1) is 0 Å². The lowest BCUT2D eigenvalue weighted by Gasteiger charge is -2.20. The Bertz CT molecular complexity index is 1550. The van der Waals surface area contributed by atoms with E-state index in [1.165, 1.54) is 23.9 Å². The number of carbonyl (C=O) groups is 2. The molecule has 1 aliphatic rings. The number of rotatable bonds is 9. The molecule has 9 heteroatoms. The molecular formula is C29H26ClN3O5. The molecule has 2 heterocycles. The van der Waals surface area contributed by atoms with Crippen LogP contribution in [0.4, 0.5) is 5.69 Å². The predicted molar refractivity (Wildman–Crippen MR) is 144 cm³/mol. The van der Waals surface area contributed by atoms with Crippen molar-refractivity contribution in [2.24, 2.45) is 4.99 Å². The second-order valence-corrected chi connectivity index (χ2v) is 9.23. The number of hydrogen-bond acceptors (Lipinski definition) is 7. The summed E-state index contributed by atoms with van der Waals surface area (Å²) >= 11 is 6.15. The van der Waals surface area contributed by atoms with E-state index in [0.29, 0.717) is 51.7 Å². The zero-order chi connectivity index (χ0) is 27.4. The maximum atomic E-state index is 13.4. The third-order valence-corrected chi connectivity index (χ3v) is 6.63. The molecule has 1 atom stereocenters. The van der Waals surface area contributed by atoms with E-state index in [-0.39, 0.29) is 18.8 Å². The Hall–Kier alpha value is -4.22. The van der Waals surface area contributed by atoms with Gasteiger partial charge in [0.15, 0.2) is 5.78 Å². The lowest BCUT2D eigenvalue weighted by Crippen LogP contribution is -2.30. The van der Waals surface area contributed by atoms with Crippen LogP contribution < -0.4 is 10.3 Å². The molecule has 0 spiro atoms. The Labute approximate surface area is 225 Å². The molecule has 0 radical (unpaired) electrons. The van der Waals surface area contributed by atoms with Crippen molar-refractivity contribution in [2.75, 3.05) is 13.7 Å². The van der Waals surface area contributed by atoms with Crippen molar-refractivity contribution in [1.29, 1.82) is 5.26 Å². The molecule has 0 saturated carbocycles. The first-order valence-corrected chi connectivity index (χ1v) is 12.6. The smallest absolute Gasteiger partial charge is 0.353 e. The van der Waals surface area contributed by atoms with Gasteiger partial charge < -0.3 is 14.0 Å². The summed E-state index contributed by atoms with van der Waals surface area (Å²) in [6, 6.07) is 13.0. The number of aliphatic imine (C=N–C) groups is 1. The maximum Gasteiger partial charge on any atom is 0.353 e. The maximum absolute atomic E-state index is 13.4. The number of ether oxygens (including phenoxy) is 2. The van der Waals surface area contributed by atoms with Gasteiger partial charge in [0.25, 0.3) is 5.56 Å². The number of ketones is 1. The van der Waals surface area contributed by atoms with Gasteiger partial charge in [0.05, 0.1) is 43.3 Å². The summed E-state index contributed by atoms with van der Waals surface area (Å²) in [5.74, 6) is -0.242. The van der Waals surface area contributed by atoms with Gasteiger partial charge >= 0.3 is 5.97 Å². The van der Waals surface area contributed by atoms with Crippen LogP contribution in [0.25, 0.3) is 11.1 Å². The van der Waals surface area contributed by atoms with Crippen LogP contribution in [0, 0.1) is 11.3 Å². The van der Waals surface area contributed by atoms with E-state index in [1.54, 1.807) is 37.3 Å². The summed E-state index contributed by atoms with van der Waals surface area (Å²) in [6.07, 6.45) is 2.35. The van der Waals surface area contributed by atoms with Gasteiger partial charge in [-0.2, -0.15) is 5.26 Å². The molecule has 0 bridgehead atoms. The highest BCUT2D eigenvalue weighted by Gasteiger charge is 2.25. The fourth-order valence-corrected chi connectivity index (χ4v) is 4.75. The first-order valence-electron chi connectivity index (χ1n) is 12.2. The topological polar surface area (TPSA) is 111 Å². The van der Waals surface area contributed by atoms with Crippen molar-refractivity contribution >= 4 is 34.8 Å². The highest BCUT2D eigenvalue weighted by Crippen LogP contribution is 2.34. The summed E-state index contributed by atoms with van der Waals surface area (Å²) in [4.78, 5) is 43.0. The van der Waals surface area contributed by atoms with Crippen LogP contribution in [0.3, 0.4) is 0 Å². The number of Topliss-reactive ketones (excluding diaryl/α,β-unsaturated/α-hetero) is 1. The van der Waals surface area contributed by atoms with E-state index < -0.39 is 17.6 Å². The summed E-state index contributed by atoms with van der Waals surface area (Å²) in [6.45, 7) is 3.85. The Morgan fingerprint density at radius 3 is 2.63 bits per heavy atom. The minimum absolute atomic E-state index is 0.101. The number of esters is 1. The zero-order valence-corrected chi connectivity index (χ0v) is 22.0. The molecule has 38 heavy (non-hydrogen) atoms. The van der Waals surface area contributed by atoms with E-state index in [9.17, 15) is 19.6 Å². The molecule has 4 rings (SSSR count). The predicted octanol–water partition coefficient (Wildman–Crippen LogP) is 5.00. The third-order valence-electron chi connectivity index (χ3n) is 6.40. The Morgan fingerprint density at radius 1 is 1.16 bits per heavy atom. The molecular weight excluding hydrogens is 506 g/mol. The summed E-state index contributed by atoms with van der Waals surface area (Å²) < 4.78 is 12.0. The van der Waals surface area contributed by atoms with E-state index in [4.69, 9.17) is 21.1 Å². The molecule has 8 nitrogen and oxygen atoms in total. The normalized spacial score (nSPS) is 12.8. The van der Waals surface area contributed by atoms with Gasteiger partial charge in [-0.05, 0) is 48.7 Å². The number of carbonyl (C=O) groups excluding carboxylic acids is 2. The van der Waals surface area contributed by atoms with Crippen molar-refractivity contribution in [3.05, 3.63) is 80.7 Å². The van der Waals surface area contributed by atoms with Crippen LogP contribution in [-0.2, 0) is 27.2 Å². The molecule has 0 amide bonds. The van der Waals surface area contributed by atoms with Crippen LogP contribution in [0.1, 0.15) is 43.0 Å². The van der Waals surface area contributed by atoms with E-state index in [2.05, 4.69) is 11.1 Å². The summed E-state index contributed by atoms with van der Waals surface area (Å²) in [5, 5.41) is 9.95. The number of nitrogens with zero attached hydrogens (tertiary/aromatic N) is 3. The third kappa shape index (κ3) is 5.38. The molecule has 194 valence electrons. The van der Waals surface area contributed by atoms with Gasteiger partial charge in [-0.1, -0.05) is 30.7 Å². The molecule has 0 fully saturated rings. The number of pyridine rings is 1. The standard InChI is InChI=1S/C29H26ClN3O5/c1-4-25(26(34)11-17-6-9-23-19(10-17)12-24(32-23)29(36)38-5-2)33-16-27(37-3)22(14-28(33)35)21-13-20(30)8-7-18(21)15-31/h6-10,13-14,16,25H,4-5,11-12H2,1-3H3. The number of hydrogen-bond donors (Lipinski definition) is 0. The van der Waals surface area contributed by atoms with Crippen LogP contribution in [0.15, 0.2) is 58.4 Å². The molecule has 1 aliphatic heterocycles. The number of fused-ring (bicyclic) bond motifs is 1. The molecule has 1 unspecified atom stereocenters. The molecule has 3 aromatic rings. The van der Waals surface area contributed by atoms with Gasteiger partial charge in [-0.3, -0.25) is 9.59 Å². The lowest BCUT2D eigenvalue weighted by atomic mass is 9.97. The van der Waals surface area contributed by atoms with Crippen molar-refractivity contribution in [1.82, 2.24) is 4.57 Å². The highest BCUT2D eigenvalue weighted by atomic mass is 35.5. The number of halogens is 1. The first-order chi connectivity index (χ1) is 18.3. The van der Waals surface area contributed by atoms with Crippen molar-refractivity contribution in [3.63, 3.8) is 0 Å². The molecule has 2 aromatic carbocycles. The zero-order valence-electron chi connectivity index (χ0n) is 21.3. The Balaban J connectivity index is 1.60. The summed E-state index contributed by atoms with van der Waals surface area (Å²) in [5.41, 5.74) is 3.49. The van der Waals surface area contributed by atoms with Crippen LogP contribution in [0.2, 0.25) is 5.02 Å².